The van der Waals surface area contributed by atoms with Crippen molar-refractivity contribution < 1.29 is 0 Å². The molecule has 5 heteroatoms. The Balaban J connectivity index is 1.87. The predicted octanol–water partition coefficient (Wildman–Crippen LogP) is 1.72. The quantitative estimate of drug-likeness (QED) is 0.804. The van der Waals surface area contributed by atoms with Crippen LogP contribution in [0.5, 0.6) is 0 Å². The standard InChI is InChI=1S/C9H12N4S/c1-7(9-12-4-5-14-9)13-6-8-10-2-3-11-8/h2-5,7,13H,6H2,1H3,(H,10,11). The van der Waals surface area contributed by atoms with Gasteiger partial charge < -0.3 is 10.3 Å². The van der Waals surface area contributed by atoms with E-state index in [1.54, 1.807) is 17.5 Å². The average Bonchev–Trinajstić information content (AvgIpc) is 2.87. The summed E-state index contributed by atoms with van der Waals surface area (Å²) in [6, 6.07) is 0.278. The minimum absolute atomic E-state index is 0.278. The van der Waals surface area contributed by atoms with Gasteiger partial charge in [0, 0.05) is 24.0 Å². The molecule has 0 saturated heterocycles. The molecule has 4 nitrogen and oxygen atoms in total. The summed E-state index contributed by atoms with van der Waals surface area (Å²) < 4.78 is 0. The van der Waals surface area contributed by atoms with Crippen LogP contribution in [0.15, 0.2) is 24.0 Å². The number of hydrogen-bond donors (Lipinski definition) is 2. The number of hydrogen-bond acceptors (Lipinski definition) is 4. The third kappa shape index (κ3) is 2.18. The van der Waals surface area contributed by atoms with Gasteiger partial charge in [-0.15, -0.1) is 11.3 Å². The highest BCUT2D eigenvalue weighted by Gasteiger charge is 2.07. The molecule has 2 aromatic rings. The van der Waals surface area contributed by atoms with Gasteiger partial charge in [0.2, 0.25) is 0 Å². The highest BCUT2D eigenvalue weighted by atomic mass is 32.1. The molecule has 0 aliphatic heterocycles. The number of imidazole rings is 1. The summed E-state index contributed by atoms with van der Waals surface area (Å²) in [5.41, 5.74) is 0. The second kappa shape index (κ2) is 4.34. The normalized spacial score (nSPS) is 12.9. The number of thiazole rings is 1. The maximum atomic E-state index is 4.24. The Morgan fingerprint density at radius 3 is 3.07 bits per heavy atom. The number of aromatic amines is 1. The molecular formula is C9H12N4S. The predicted molar refractivity (Wildman–Crippen MR) is 56.0 cm³/mol. The smallest absolute Gasteiger partial charge is 0.120 e. The molecule has 1 atom stereocenters. The van der Waals surface area contributed by atoms with Crippen LogP contribution in [-0.2, 0) is 6.54 Å². The second-order valence-electron chi connectivity index (χ2n) is 3.01. The lowest BCUT2D eigenvalue weighted by Gasteiger charge is -2.08. The Hall–Kier alpha value is -1.20. The Kier molecular flexibility index (Phi) is 2.90. The number of H-pyrrole nitrogens is 1. The zero-order valence-corrected chi connectivity index (χ0v) is 8.71. The van der Waals surface area contributed by atoms with Gasteiger partial charge in [0.1, 0.15) is 10.8 Å². The number of rotatable bonds is 4. The fourth-order valence-electron chi connectivity index (χ4n) is 1.18. The van der Waals surface area contributed by atoms with Crippen LogP contribution in [0, 0.1) is 0 Å². The summed E-state index contributed by atoms with van der Waals surface area (Å²) in [6.07, 6.45) is 5.40. The fraction of sp³-hybridized carbons (Fsp3) is 0.333. The largest absolute Gasteiger partial charge is 0.348 e. The zero-order chi connectivity index (χ0) is 9.80. The Morgan fingerprint density at radius 1 is 1.50 bits per heavy atom. The first-order valence-corrected chi connectivity index (χ1v) is 5.35. The summed E-state index contributed by atoms with van der Waals surface area (Å²) in [7, 11) is 0. The third-order valence-electron chi connectivity index (χ3n) is 1.95. The van der Waals surface area contributed by atoms with E-state index in [1.165, 1.54) is 0 Å². The van der Waals surface area contributed by atoms with E-state index in [9.17, 15) is 0 Å². The van der Waals surface area contributed by atoms with Crippen LogP contribution in [0.2, 0.25) is 0 Å². The summed E-state index contributed by atoms with van der Waals surface area (Å²) in [5.74, 6) is 0.952. The lowest BCUT2D eigenvalue weighted by Crippen LogP contribution is -2.18. The summed E-state index contributed by atoms with van der Waals surface area (Å²) in [4.78, 5) is 11.4. The zero-order valence-electron chi connectivity index (χ0n) is 7.90. The van der Waals surface area contributed by atoms with Crippen molar-refractivity contribution in [3.63, 3.8) is 0 Å². The lowest BCUT2D eigenvalue weighted by atomic mass is 10.3. The summed E-state index contributed by atoms with van der Waals surface area (Å²) in [5, 5.41) is 6.44. The summed E-state index contributed by atoms with van der Waals surface area (Å²) in [6.45, 7) is 2.84. The van der Waals surface area contributed by atoms with Crippen LogP contribution in [0.1, 0.15) is 23.8 Å². The molecule has 2 rings (SSSR count). The van der Waals surface area contributed by atoms with E-state index < -0.39 is 0 Å². The van der Waals surface area contributed by atoms with Gasteiger partial charge in [0.15, 0.2) is 0 Å². The number of aromatic nitrogens is 3. The molecule has 2 aromatic heterocycles. The molecule has 14 heavy (non-hydrogen) atoms. The molecule has 2 N–H and O–H groups in total. The highest BCUT2D eigenvalue weighted by Crippen LogP contribution is 2.14. The van der Waals surface area contributed by atoms with Crippen molar-refractivity contribution in [1.29, 1.82) is 0 Å². The van der Waals surface area contributed by atoms with Gasteiger partial charge in [-0.2, -0.15) is 0 Å². The van der Waals surface area contributed by atoms with Crippen molar-refractivity contribution in [3.8, 4) is 0 Å². The monoisotopic (exact) mass is 208 g/mol. The van der Waals surface area contributed by atoms with Crippen molar-refractivity contribution in [2.45, 2.75) is 19.5 Å². The molecule has 0 radical (unpaired) electrons. The Bertz CT molecular complexity index is 354. The van der Waals surface area contributed by atoms with Crippen LogP contribution in [0.25, 0.3) is 0 Å². The molecule has 2 heterocycles. The SMILES string of the molecule is CC(NCc1ncc[nH]1)c1nccs1. The van der Waals surface area contributed by atoms with Crippen LogP contribution in [0.3, 0.4) is 0 Å². The topological polar surface area (TPSA) is 53.6 Å². The first kappa shape index (κ1) is 9.36. The van der Waals surface area contributed by atoms with E-state index in [4.69, 9.17) is 0 Å². The van der Waals surface area contributed by atoms with Crippen LogP contribution < -0.4 is 5.32 Å². The first-order chi connectivity index (χ1) is 6.86. The molecule has 0 aromatic carbocycles. The van der Waals surface area contributed by atoms with E-state index in [2.05, 4.69) is 27.2 Å². The highest BCUT2D eigenvalue weighted by molar-refractivity contribution is 7.09. The van der Waals surface area contributed by atoms with Crippen LogP contribution >= 0.6 is 11.3 Å². The van der Waals surface area contributed by atoms with Crippen molar-refractivity contribution >= 4 is 11.3 Å². The van der Waals surface area contributed by atoms with E-state index in [1.807, 2.05) is 17.8 Å². The molecule has 0 amide bonds. The van der Waals surface area contributed by atoms with Gasteiger partial charge in [-0.3, -0.25) is 0 Å². The summed E-state index contributed by atoms with van der Waals surface area (Å²) >= 11 is 1.66. The third-order valence-corrected chi connectivity index (χ3v) is 2.91. The molecule has 0 fully saturated rings. The van der Waals surface area contributed by atoms with Gasteiger partial charge in [-0.25, -0.2) is 9.97 Å². The van der Waals surface area contributed by atoms with Crippen molar-refractivity contribution in [2.24, 2.45) is 0 Å². The molecule has 1 unspecified atom stereocenters. The van der Waals surface area contributed by atoms with Crippen LogP contribution in [0.4, 0.5) is 0 Å². The number of nitrogens with zero attached hydrogens (tertiary/aromatic N) is 2. The van der Waals surface area contributed by atoms with Crippen molar-refractivity contribution in [1.82, 2.24) is 20.3 Å². The van der Waals surface area contributed by atoms with Crippen molar-refractivity contribution in [2.75, 3.05) is 0 Å². The number of nitrogens with one attached hydrogen (secondary N) is 2. The van der Waals surface area contributed by atoms with Gasteiger partial charge in [-0.1, -0.05) is 0 Å². The van der Waals surface area contributed by atoms with E-state index in [0.717, 1.165) is 17.4 Å². The van der Waals surface area contributed by atoms with Gasteiger partial charge in [-0.05, 0) is 6.92 Å². The molecule has 0 saturated carbocycles. The maximum Gasteiger partial charge on any atom is 0.120 e. The van der Waals surface area contributed by atoms with Crippen LogP contribution in [-0.4, -0.2) is 15.0 Å². The molecule has 0 bridgehead atoms. The molecule has 0 aliphatic rings. The molecular weight excluding hydrogens is 196 g/mol. The Morgan fingerprint density at radius 2 is 2.43 bits per heavy atom. The Labute approximate surface area is 86.4 Å². The maximum absolute atomic E-state index is 4.24. The van der Waals surface area contributed by atoms with E-state index in [-0.39, 0.29) is 6.04 Å². The van der Waals surface area contributed by atoms with Gasteiger partial charge in [0.25, 0.3) is 0 Å². The fourth-order valence-corrected chi connectivity index (χ4v) is 1.85. The van der Waals surface area contributed by atoms with Crippen molar-refractivity contribution in [3.05, 3.63) is 34.8 Å². The minimum atomic E-state index is 0.278. The first-order valence-electron chi connectivity index (χ1n) is 4.47. The van der Waals surface area contributed by atoms with E-state index in [0.29, 0.717) is 0 Å². The van der Waals surface area contributed by atoms with E-state index >= 15 is 0 Å². The second-order valence-corrected chi connectivity index (χ2v) is 3.93. The average molecular weight is 208 g/mol. The molecule has 0 spiro atoms. The lowest BCUT2D eigenvalue weighted by molar-refractivity contribution is 0.559. The van der Waals surface area contributed by atoms with Gasteiger partial charge >= 0.3 is 0 Å². The van der Waals surface area contributed by atoms with Gasteiger partial charge in [0.05, 0.1) is 12.6 Å². The molecule has 0 aliphatic carbocycles. The minimum Gasteiger partial charge on any atom is -0.348 e. The molecule has 74 valence electrons.